The van der Waals surface area contributed by atoms with E-state index in [4.69, 9.17) is 17.3 Å². The Kier molecular flexibility index (Phi) is 3.50. The van der Waals surface area contributed by atoms with Crippen LogP contribution in [-0.4, -0.2) is 11.0 Å². The number of pyridine rings is 1. The van der Waals surface area contributed by atoms with E-state index in [0.717, 1.165) is 16.5 Å². The van der Waals surface area contributed by atoms with E-state index in [1.165, 1.54) is 0 Å². The average Bonchev–Trinajstić information content (AvgIpc) is 1.96. The van der Waals surface area contributed by atoms with Crippen molar-refractivity contribution in [2.75, 3.05) is 0 Å². The second-order valence-corrected chi connectivity index (χ2v) is 4.02. The molecule has 0 radical (unpaired) electrons. The fourth-order valence-electron chi connectivity index (χ4n) is 0.955. The minimum absolute atomic E-state index is 0.139. The largest absolute Gasteiger partial charge is 0.328 e. The van der Waals surface area contributed by atoms with Gasteiger partial charge in [-0.05, 0) is 40.9 Å². The zero-order valence-electron chi connectivity index (χ0n) is 6.72. The molecule has 1 aromatic rings. The smallest absolute Gasteiger partial charge is 0.129 e. The molecule has 0 bridgehead atoms. The predicted molar refractivity (Wildman–Crippen MR) is 54.3 cm³/mol. The molecule has 0 aromatic carbocycles. The van der Waals surface area contributed by atoms with Gasteiger partial charge < -0.3 is 5.73 Å². The van der Waals surface area contributed by atoms with Crippen LogP contribution in [0.5, 0.6) is 0 Å². The summed E-state index contributed by atoms with van der Waals surface area (Å²) in [5.74, 6) is 0. The molecular weight excluding hydrogens is 239 g/mol. The van der Waals surface area contributed by atoms with Crippen LogP contribution in [0.15, 0.2) is 16.7 Å². The van der Waals surface area contributed by atoms with Crippen molar-refractivity contribution in [2.24, 2.45) is 5.73 Å². The lowest BCUT2D eigenvalue weighted by Gasteiger charge is -2.06. The van der Waals surface area contributed by atoms with Crippen molar-refractivity contribution in [1.82, 2.24) is 4.98 Å². The lowest BCUT2D eigenvalue weighted by atomic mass is 10.1. The highest BCUT2D eigenvalue weighted by Gasteiger charge is 2.03. The molecule has 0 saturated heterocycles. The summed E-state index contributed by atoms with van der Waals surface area (Å²) in [6.07, 6.45) is 2.50. The molecule has 0 aliphatic carbocycles. The molecule has 4 heteroatoms. The van der Waals surface area contributed by atoms with Crippen molar-refractivity contribution >= 4 is 27.5 Å². The number of nitrogens with zero attached hydrogens (tertiary/aromatic N) is 1. The van der Waals surface area contributed by atoms with E-state index in [1.807, 2.05) is 13.0 Å². The van der Waals surface area contributed by atoms with Crippen LogP contribution < -0.4 is 5.73 Å². The van der Waals surface area contributed by atoms with E-state index in [9.17, 15) is 0 Å². The van der Waals surface area contributed by atoms with E-state index in [2.05, 4.69) is 20.9 Å². The average molecular weight is 250 g/mol. The Morgan fingerprint density at radius 1 is 1.75 bits per heavy atom. The topological polar surface area (TPSA) is 38.9 Å². The monoisotopic (exact) mass is 248 g/mol. The van der Waals surface area contributed by atoms with Gasteiger partial charge in [0.25, 0.3) is 0 Å². The van der Waals surface area contributed by atoms with Crippen molar-refractivity contribution in [3.63, 3.8) is 0 Å². The minimum Gasteiger partial charge on any atom is -0.328 e. The zero-order chi connectivity index (χ0) is 9.14. The minimum atomic E-state index is 0.139. The maximum absolute atomic E-state index is 5.73. The quantitative estimate of drug-likeness (QED) is 0.818. The maximum Gasteiger partial charge on any atom is 0.129 e. The van der Waals surface area contributed by atoms with Gasteiger partial charge in [0.2, 0.25) is 0 Å². The van der Waals surface area contributed by atoms with Gasteiger partial charge in [-0.15, -0.1) is 0 Å². The highest BCUT2D eigenvalue weighted by Crippen LogP contribution is 2.19. The first-order valence-electron chi connectivity index (χ1n) is 3.65. The number of aromatic nitrogens is 1. The Labute approximate surface area is 85.3 Å². The SMILES string of the molecule is C[C@@H](N)Cc1cc(Cl)ncc1Br. The molecule has 1 rings (SSSR count). The second kappa shape index (κ2) is 4.21. The summed E-state index contributed by atoms with van der Waals surface area (Å²) in [7, 11) is 0. The number of nitrogens with two attached hydrogens (primary N) is 1. The molecule has 0 amide bonds. The van der Waals surface area contributed by atoms with Gasteiger partial charge in [0, 0.05) is 16.7 Å². The van der Waals surface area contributed by atoms with Crippen LogP contribution in [0.4, 0.5) is 0 Å². The first kappa shape index (κ1) is 9.96. The van der Waals surface area contributed by atoms with E-state index in [-0.39, 0.29) is 6.04 Å². The molecule has 1 atom stereocenters. The van der Waals surface area contributed by atoms with Gasteiger partial charge in [-0.1, -0.05) is 11.6 Å². The lowest BCUT2D eigenvalue weighted by molar-refractivity contribution is 0.735. The number of hydrogen-bond acceptors (Lipinski definition) is 2. The third-order valence-electron chi connectivity index (χ3n) is 1.44. The molecule has 0 saturated carbocycles. The normalized spacial score (nSPS) is 13.0. The maximum atomic E-state index is 5.73. The van der Waals surface area contributed by atoms with Gasteiger partial charge in [-0.2, -0.15) is 0 Å². The molecule has 0 aliphatic heterocycles. The Bertz CT molecular complexity index is 276. The van der Waals surface area contributed by atoms with Crippen molar-refractivity contribution < 1.29 is 0 Å². The Balaban J connectivity index is 2.90. The summed E-state index contributed by atoms with van der Waals surface area (Å²) in [5, 5.41) is 0.508. The number of halogens is 2. The van der Waals surface area contributed by atoms with Gasteiger partial charge >= 0.3 is 0 Å². The molecule has 12 heavy (non-hydrogen) atoms. The molecule has 2 nitrogen and oxygen atoms in total. The fraction of sp³-hybridized carbons (Fsp3) is 0.375. The molecule has 0 aliphatic rings. The van der Waals surface area contributed by atoms with Crippen molar-refractivity contribution in [1.29, 1.82) is 0 Å². The summed E-state index contributed by atoms with van der Waals surface area (Å²) in [5.41, 5.74) is 6.76. The van der Waals surface area contributed by atoms with E-state index >= 15 is 0 Å². The van der Waals surface area contributed by atoms with Crippen LogP contribution in [0.2, 0.25) is 5.15 Å². The van der Waals surface area contributed by atoms with Crippen LogP contribution in [0.3, 0.4) is 0 Å². The second-order valence-electron chi connectivity index (χ2n) is 2.78. The van der Waals surface area contributed by atoms with Gasteiger partial charge in [-0.25, -0.2) is 4.98 Å². The standard InChI is InChI=1S/C8H10BrClN2/c1-5(11)2-6-3-8(10)12-4-7(6)9/h3-5H,2,11H2,1H3/t5-/m1/s1. The summed E-state index contributed by atoms with van der Waals surface area (Å²) in [4.78, 5) is 3.92. The van der Waals surface area contributed by atoms with E-state index < -0.39 is 0 Å². The fourth-order valence-corrected chi connectivity index (χ4v) is 1.51. The molecule has 0 fully saturated rings. The molecule has 0 unspecified atom stereocenters. The highest BCUT2D eigenvalue weighted by molar-refractivity contribution is 9.10. The first-order valence-corrected chi connectivity index (χ1v) is 4.82. The molecule has 1 aromatic heterocycles. The Hall–Kier alpha value is -0.120. The van der Waals surface area contributed by atoms with Crippen molar-refractivity contribution in [3.05, 3.63) is 27.5 Å². The third kappa shape index (κ3) is 2.73. The number of hydrogen-bond donors (Lipinski definition) is 1. The van der Waals surface area contributed by atoms with Gasteiger partial charge in [-0.3, -0.25) is 0 Å². The van der Waals surface area contributed by atoms with Crippen molar-refractivity contribution in [3.8, 4) is 0 Å². The number of rotatable bonds is 2. The summed E-state index contributed by atoms with van der Waals surface area (Å²) >= 11 is 9.11. The third-order valence-corrected chi connectivity index (χ3v) is 2.36. The Morgan fingerprint density at radius 3 is 3.00 bits per heavy atom. The van der Waals surface area contributed by atoms with Gasteiger partial charge in [0.05, 0.1) is 0 Å². The molecule has 1 heterocycles. The van der Waals surface area contributed by atoms with Gasteiger partial charge in [0.15, 0.2) is 0 Å². The van der Waals surface area contributed by atoms with Crippen LogP contribution >= 0.6 is 27.5 Å². The van der Waals surface area contributed by atoms with E-state index in [0.29, 0.717) is 5.15 Å². The Morgan fingerprint density at radius 2 is 2.42 bits per heavy atom. The molecule has 2 N–H and O–H groups in total. The zero-order valence-corrected chi connectivity index (χ0v) is 9.06. The molecule has 0 spiro atoms. The summed E-state index contributed by atoms with van der Waals surface area (Å²) < 4.78 is 0.962. The van der Waals surface area contributed by atoms with Crippen LogP contribution in [0, 0.1) is 0 Å². The predicted octanol–water partition coefficient (Wildman–Crippen LogP) is 2.39. The first-order chi connectivity index (χ1) is 5.59. The summed E-state index contributed by atoms with van der Waals surface area (Å²) in [6, 6.07) is 1.97. The van der Waals surface area contributed by atoms with Gasteiger partial charge in [0.1, 0.15) is 5.15 Å². The molecule has 66 valence electrons. The molecular formula is C8H10BrClN2. The van der Waals surface area contributed by atoms with Crippen molar-refractivity contribution in [2.45, 2.75) is 19.4 Å². The highest BCUT2D eigenvalue weighted by atomic mass is 79.9. The van der Waals surface area contributed by atoms with Crippen LogP contribution in [0.1, 0.15) is 12.5 Å². The van der Waals surface area contributed by atoms with Crippen LogP contribution in [-0.2, 0) is 6.42 Å². The van der Waals surface area contributed by atoms with Crippen LogP contribution in [0.25, 0.3) is 0 Å². The van der Waals surface area contributed by atoms with E-state index in [1.54, 1.807) is 6.20 Å². The lowest BCUT2D eigenvalue weighted by Crippen LogP contribution is -2.18. The summed E-state index contributed by atoms with van der Waals surface area (Å²) in [6.45, 7) is 1.96.